The lowest BCUT2D eigenvalue weighted by atomic mass is 9.83. The highest BCUT2D eigenvalue weighted by Gasteiger charge is 2.34. The Labute approximate surface area is 151 Å². The van der Waals surface area contributed by atoms with E-state index in [2.05, 4.69) is 4.90 Å². The molecule has 0 fully saturated rings. The zero-order valence-corrected chi connectivity index (χ0v) is 14.6. The third kappa shape index (κ3) is 2.86. The van der Waals surface area contributed by atoms with E-state index in [-0.39, 0.29) is 17.0 Å². The summed E-state index contributed by atoms with van der Waals surface area (Å²) in [6.45, 7) is 5.66. The number of allylic oxidation sites excluding steroid dienone is 1. The lowest BCUT2D eigenvalue weighted by Crippen LogP contribution is -2.24. The number of hydrogen-bond acceptors (Lipinski definition) is 4. The van der Waals surface area contributed by atoms with Crippen LogP contribution in [0.25, 0.3) is 0 Å². The highest BCUT2D eigenvalue weighted by molar-refractivity contribution is 5.61. The van der Waals surface area contributed by atoms with Gasteiger partial charge in [-0.05, 0) is 32.0 Å². The first kappa shape index (κ1) is 17.7. The number of rotatable bonds is 4. The van der Waals surface area contributed by atoms with Crippen molar-refractivity contribution >= 4 is 5.69 Å². The van der Waals surface area contributed by atoms with Crippen LogP contribution in [0.3, 0.4) is 0 Å². The van der Waals surface area contributed by atoms with Gasteiger partial charge < -0.3 is 15.4 Å². The number of ether oxygens (including phenoxy) is 1. The highest BCUT2D eigenvalue weighted by Crippen LogP contribution is 2.44. The molecule has 1 heterocycles. The molecule has 0 radical (unpaired) electrons. The Kier molecular flexibility index (Phi) is 4.81. The number of hydrogen-bond donors (Lipinski definition) is 1. The molecule has 0 aliphatic carbocycles. The lowest BCUT2D eigenvalue weighted by molar-refractivity contribution is 0.391. The van der Waals surface area contributed by atoms with Gasteiger partial charge in [0.25, 0.3) is 0 Å². The van der Waals surface area contributed by atoms with Crippen molar-refractivity contribution in [1.82, 2.24) is 0 Å². The van der Waals surface area contributed by atoms with Crippen LogP contribution in [-0.2, 0) is 0 Å². The number of benzene rings is 2. The van der Waals surface area contributed by atoms with Gasteiger partial charge in [0.1, 0.15) is 29.0 Å². The summed E-state index contributed by atoms with van der Waals surface area (Å²) in [7, 11) is 0. The van der Waals surface area contributed by atoms with Gasteiger partial charge in [-0.3, -0.25) is 0 Å². The Morgan fingerprint density at radius 2 is 1.81 bits per heavy atom. The standard InChI is InChI=1S/C20H19F2N3O/c1-3-25(4-2)12-8-9-13-17(10-12)26-20(24)14(11-23)18(13)19-15(21)6-5-7-16(19)22/h5-10,18H,3-4,24H2,1-2H3/t18-/m0/s1. The third-order valence-electron chi connectivity index (χ3n) is 4.62. The Hall–Kier alpha value is -3.07. The molecule has 1 aliphatic rings. The molecular formula is C20H19F2N3O. The smallest absolute Gasteiger partial charge is 0.205 e. The average molecular weight is 355 g/mol. The maximum atomic E-state index is 14.4. The topological polar surface area (TPSA) is 62.3 Å². The summed E-state index contributed by atoms with van der Waals surface area (Å²) in [5, 5.41) is 9.50. The minimum Gasteiger partial charge on any atom is -0.440 e. The second kappa shape index (κ2) is 7.04. The van der Waals surface area contributed by atoms with Gasteiger partial charge in [-0.25, -0.2) is 8.78 Å². The predicted molar refractivity (Wildman–Crippen MR) is 95.7 cm³/mol. The van der Waals surface area contributed by atoms with Gasteiger partial charge >= 0.3 is 0 Å². The number of fused-ring (bicyclic) bond motifs is 1. The Bertz CT molecular complexity index is 894. The number of nitriles is 1. The van der Waals surface area contributed by atoms with Crippen molar-refractivity contribution in [3.05, 3.63) is 70.6 Å². The fourth-order valence-corrected chi connectivity index (χ4v) is 3.31. The van der Waals surface area contributed by atoms with Crippen molar-refractivity contribution in [3.63, 3.8) is 0 Å². The molecule has 0 aromatic heterocycles. The van der Waals surface area contributed by atoms with Gasteiger partial charge in [0, 0.05) is 36.0 Å². The third-order valence-corrected chi connectivity index (χ3v) is 4.62. The molecule has 6 heteroatoms. The van der Waals surface area contributed by atoms with E-state index in [1.165, 1.54) is 18.2 Å². The normalized spacial score (nSPS) is 15.9. The van der Waals surface area contributed by atoms with E-state index in [4.69, 9.17) is 10.5 Å². The van der Waals surface area contributed by atoms with Crippen LogP contribution < -0.4 is 15.4 Å². The zero-order chi connectivity index (χ0) is 18.8. The van der Waals surface area contributed by atoms with Crippen molar-refractivity contribution in [2.45, 2.75) is 19.8 Å². The summed E-state index contributed by atoms with van der Waals surface area (Å²) >= 11 is 0. The summed E-state index contributed by atoms with van der Waals surface area (Å²) < 4.78 is 34.5. The largest absolute Gasteiger partial charge is 0.440 e. The van der Waals surface area contributed by atoms with E-state index in [0.29, 0.717) is 11.3 Å². The van der Waals surface area contributed by atoms with Crippen LogP contribution in [0.1, 0.15) is 30.9 Å². The van der Waals surface area contributed by atoms with Crippen LogP contribution in [0.2, 0.25) is 0 Å². The summed E-state index contributed by atoms with van der Waals surface area (Å²) in [6, 6.07) is 11.0. The Balaban J connectivity index is 2.21. The van der Waals surface area contributed by atoms with Gasteiger partial charge in [0.05, 0.1) is 5.92 Å². The van der Waals surface area contributed by atoms with Crippen molar-refractivity contribution in [1.29, 1.82) is 5.26 Å². The quantitative estimate of drug-likeness (QED) is 0.899. The fraction of sp³-hybridized carbons (Fsp3) is 0.250. The van der Waals surface area contributed by atoms with E-state index in [0.717, 1.165) is 18.8 Å². The van der Waals surface area contributed by atoms with Gasteiger partial charge in [0.2, 0.25) is 5.88 Å². The maximum Gasteiger partial charge on any atom is 0.205 e. The molecule has 4 nitrogen and oxygen atoms in total. The van der Waals surface area contributed by atoms with E-state index >= 15 is 0 Å². The molecule has 0 saturated carbocycles. The van der Waals surface area contributed by atoms with Crippen LogP contribution in [0.4, 0.5) is 14.5 Å². The first-order chi connectivity index (χ1) is 12.5. The molecule has 134 valence electrons. The molecule has 1 atom stereocenters. The van der Waals surface area contributed by atoms with Crippen LogP contribution in [-0.4, -0.2) is 13.1 Å². The van der Waals surface area contributed by atoms with Crippen molar-refractivity contribution in [2.75, 3.05) is 18.0 Å². The molecule has 0 amide bonds. The zero-order valence-electron chi connectivity index (χ0n) is 14.6. The summed E-state index contributed by atoms with van der Waals surface area (Å²) in [6.07, 6.45) is 0. The Morgan fingerprint density at radius 1 is 1.15 bits per heavy atom. The fourth-order valence-electron chi connectivity index (χ4n) is 3.31. The monoisotopic (exact) mass is 355 g/mol. The first-order valence-electron chi connectivity index (χ1n) is 8.42. The minimum absolute atomic E-state index is 0.00270. The van der Waals surface area contributed by atoms with E-state index in [1.807, 2.05) is 26.0 Å². The second-order valence-electron chi connectivity index (χ2n) is 5.95. The lowest BCUT2D eigenvalue weighted by Gasteiger charge is -2.29. The van der Waals surface area contributed by atoms with E-state index in [9.17, 15) is 14.0 Å². The molecule has 0 spiro atoms. The van der Waals surface area contributed by atoms with E-state index in [1.54, 1.807) is 12.1 Å². The molecule has 0 unspecified atom stereocenters. The van der Waals surface area contributed by atoms with Gasteiger partial charge in [0.15, 0.2) is 0 Å². The van der Waals surface area contributed by atoms with Crippen LogP contribution in [0, 0.1) is 23.0 Å². The molecule has 3 rings (SSSR count). The number of anilines is 1. The predicted octanol–water partition coefficient (Wildman–Crippen LogP) is 4.03. The molecule has 0 saturated heterocycles. The summed E-state index contributed by atoms with van der Waals surface area (Å²) in [4.78, 5) is 2.11. The average Bonchev–Trinajstić information content (AvgIpc) is 2.62. The minimum atomic E-state index is -0.948. The van der Waals surface area contributed by atoms with Gasteiger partial charge in [-0.15, -0.1) is 0 Å². The summed E-state index contributed by atoms with van der Waals surface area (Å²) in [5.74, 6) is -2.13. The number of nitrogens with zero attached hydrogens (tertiary/aromatic N) is 2. The van der Waals surface area contributed by atoms with Crippen LogP contribution >= 0.6 is 0 Å². The molecule has 2 aromatic carbocycles. The van der Waals surface area contributed by atoms with E-state index < -0.39 is 17.6 Å². The van der Waals surface area contributed by atoms with Crippen molar-refractivity contribution < 1.29 is 13.5 Å². The van der Waals surface area contributed by atoms with Crippen LogP contribution in [0.15, 0.2) is 47.9 Å². The van der Waals surface area contributed by atoms with Crippen molar-refractivity contribution in [2.24, 2.45) is 5.73 Å². The number of halogens is 2. The molecule has 26 heavy (non-hydrogen) atoms. The Morgan fingerprint density at radius 3 is 2.38 bits per heavy atom. The van der Waals surface area contributed by atoms with Crippen LogP contribution in [0.5, 0.6) is 5.75 Å². The SMILES string of the molecule is CCN(CC)c1ccc2c(c1)OC(N)=C(C#N)[C@H]2c1c(F)cccc1F. The van der Waals surface area contributed by atoms with Gasteiger partial charge in [-0.2, -0.15) is 5.26 Å². The first-order valence-corrected chi connectivity index (χ1v) is 8.42. The maximum absolute atomic E-state index is 14.4. The summed E-state index contributed by atoms with van der Waals surface area (Å²) in [5.41, 5.74) is 7.12. The van der Waals surface area contributed by atoms with Crippen molar-refractivity contribution in [3.8, 4) is 11.8 Å². The molecule has 2 aromatic rings. The molecule has 1 aliphatic heterocycles. The highest BCUT2D eigenvalue weighted by atomic mass is 19.1. The molecule has 0 bridgehead atoms. The molecule has 2 N–H and O–H groups in total. The molecular weight excluding hydrogens is 336 g/mol. The van der Waals surface area contributed by atoms with Gasteiger partial charge in [-0.1, -0.05) is 12.1 Å². The number of nitrogens with two attached hydrogens (primary N) is 1. The second-order valence-corrected chi connectivity index (χ2v) is 5.95.